The molecule has 0 aliphatic rings. The van der Waals surface area contributed by atoms with Crippen molar-refractivity contribution in [2.75, 3.05) is 6.26 Å². The summed E-state index contributed by atoms with van der Waals surface area (Å²) in [6.07, 6.45) is 1.27. The molecule has 1 aromatic carbocycles. The first-order valence-corrected chi connectivity index (χ1v) is 7.46. The van der Waals surface area contributed by atoms with Gasteiger partial charge in [0.25, 0.3) is 0 Å². The van der Waals surface area contributed by atoms with Crippen LogP contribution in [0.2, 0.25) is 0 Å². The molecule has 0 amide bonds. The summed E-state index contributed by atoms with van der Waals surface area (Å²) in [6, 6.07) is 5.67. The van der Waals surface area contributed by atoms with Crippen molar-refractivity contribution < 1.29 is 8.42 Å². The Morgan fingerprint density at radius 2 is 1.56 bits per heavy atom. The Morgan fingerprint density at radius 3 is 1.94 bits per heavy atom. The minimum atomic E-state index is -3.12. The fraction of sp³-hybridized carbons (Fsp3) is 0.538. The van der Waals surface area contributed by atoms with Crippen LogP contribution in [0.3, 0.4) is 0 Å². The predicted molar refractivity (Wildman–Crippen MR) is 67.7 cm³/mol. The van der Waals surface area contributed by atoms with E-state index in [1.807, 2.05) is 26.0 Å². The third-order valence-electron chi connectivity index (χ3n) is 2.72. The van der Waals surface area contributed by atoms with Gasteiger partial charge in [-0.15, -0.1) is 0 Å². The minimum absolute atomic E-state index is 0.225. The van der Waals surface area contributed by atoms with E-state index in [4.69, 9.17) is 0 Å². The quantitative estimate of drug-likeness (QED) is 0.812. The van der Waals surface area contributed by atoms with Gasteiger partial charge in [-0.2, -0.15) is 0 Å². The van der Waals surface area contributed by atoms with Crippen LogP contribution in [0.5, 0.6) is 0 Å². The van der Waals surface area contributed by atoms with Crippen molar-refractivity contribution >= 4 is 9.84 Å². The average Bonchev–Trinajstić information content (AvgIpc) is 2.15. The van der Waals surface area contributed by atoms with E-state index < -0.39 is 9.84 Å². The molecule has 0 N–H and O–H groups in total. The van der Waals surface area contributed by atoms with Gasteiger partial charge in [-0.3, -0.25) is 0 Å². The minimum Gasteiger partial charge on any atom is -0.224 e. The summed E-state index contributed by atoms with van der Waals surface area (Å²) in [4.78, 5) is 0.465. The number of rotatable bonds is 3. The molecule has 2 nitrogen and oxygen atoms in total. The van der Waals surface area contributed by atoms with Crippen LogP contribution in [-0.2, 0) is 9.84 Å². The Balaban J connectivity index is 3.43. The van der Waals surface area contributed by atoms with Crippen molar-refractivity contribution in [2.24, 2.45) is 0 Å². The molecule has 3 heteroatoms. The standard InChI is InChI=1S/C13H20O2S/c1-9(2)11-6-7-13(16(5,14)15)12(8-11)10(3)4/h6-10H,1-5H3. The second-order valence-corrected chi connectivity index (χ2v) is 6.86. The summed E-state index contributed by atoms with van der Waals surface area (Å²) in [6.45, 7) is 8.27. The molecule has 1 aromatic rings. The first kappa shape index (κ1) is 13.2. The predicted octanol–water partition coefficient (Wildman–Crippen LogP) is 3.34. The first-order valence-electron chi connectivity index (χ1n) is 5.57. The van der Waals surface area contributed by atoms with E-state index in [-0.39, 0.29) is 5.92 Å². The van der Waals surface area contributed by atoms with Gasteiger partial charge in [0.2, 0.25) is 0 Å². The summed E-state index contributed by atoms with van der Waals surface area (Å²) in [5, 5.41) is 0. The molecule has 90 valence electrons. The van der Waals surface area contributed by atoms with Crippen LogP contribution in [0.4, 0.5) is 0 Å². The van der Waals surface area contributed by atoms with Crippen molar-refractivity contribution in [3.8, 4) is 0 Å². The molecule has 0 atom stereocenters. The Kier molecular flexibility index (Phi) is 3.79. The molecule has 0 aliphatic carbocycles. The molecule has 16 heavy (non-hydrogen) atoms. The molecule has 0 fully saturated rings. The van der Waals surface area contributed by atoms with E-state index in [9.17, 15) is 8.42 Å². The SMILES string of the molecule is CC(C)c1ccc(S(C)(=O)=O)c(C(C)C)c1. The lowest BCUT2D eigenvalue weighted by atomic mass is 9.96. The van der Waals surface area contributed by atoms with Gasteiger partial charge < -0.3 is 0 Å². The molecule has 0 aromatic heterocycles. The van der Waals surface area contributed by atoms with E-state index >= 15 is 0 Å². The van der Waals surface area contributed by atoms with Crippen LogP contribution in [0.25, 0.3) is 0 Å². The molecular formula is C13H20O2S. The van der Waals surface area contributed by atoms with Crippen LogP contribution in [0, 0.1) is 0 Å². The molecule has 0 radical (unpaired) electrons. The smallest absolute Gasteiger partial charge is 0.175 e. The van der Waals surface area contributed by atoms with Gasteiger partial charge in [-0.05, 0) is 29.0 Å². The fourth-order valence-electron chi connectivity index (χ4n) is 1.71. The van der Waals surface area contributed by atoms with Gasteiger partial charge in [0.1, 0.15) is 0 Å². The van der Waals surface area contributed by atoms with Crippen molar-refractivity contribution in [3.63, 3.8) is 0 Å². The topological polar surface area (TPSA) is 34.1 Å². The maximum absolute atomic E-state index is 11.6. The van der Waals surface area contributed by atoms with Gasteiger partial charge in [0.15, 0.2) is 9.84 Å². The Labute approximate surface area is 98.6 Å². The highest BCUT2D eigenvalue weighted by Crippen LogP contribution is 2.27. The summed E-state index contributed by atoms with van der Waals surface area (Å²) >= 11 is 0. The normalized spacial score (nSPS) is 12.4. The van der Waals surface area contributed by atoms with E-state index in [2.05, 4.69) is 13.8 Å². The molecule has 0 saturated heterocycles. The van der Waals surface area contributed by atoms with Crippen LogP contribution in [0.15, 0.2) is 23.1 Å². The second kappa shape index (κ2) is 4.58. The zero-order valence-electron chi connectivity index (χ0n) is 10.6. The lowest BCUT2D eigenvalue weighted by Gasteiger charge is -2.15. The van der Waals surface area contributed by atoms with Gasteiger partial charge in [0, 0.05) is 6.26 Å². The van der Waals surface area contributed by atoms with E-state index in [1.165, 1.54) is 11.8 Å². The Morgan fingerprint density at radius 1 is 1.00 bits per heavy atom. The van der Waals surface area contributed by atoms with Crippen molar-refractivity contribution in [1.82, 2.24) is 0 Å². The van der Waals surface area contributed by atoms with Crippen molar-refractivity contribution in [2.45, 2.75) is 44.4 Å². The molecule has 0 aliphatic heterocycles. The highest BCUT2D eigenvalue weighted by atomic mass is 32.2. The third-order valence-corrected chi connectivity index (χ3v) is 3.89. The highest BCUT2D eigenvalue weighted by Gasteiger charge is 2.16. The van der Waals surface area contributed by atoms with Crippen LogP contribution >= 0.6 is 0 Å². The van der Waals surface area contributed by atoms with Gasteiger partial charge >= 0.3 is 0 Å². The Hall–Kier alpha value is -0.830. The van der Waals surface area contributed by atoms with Gasteiger partial charge in [-0.1, -0.05) is 39.8 Å². The zero-order valence-corrected chi connectivity index (χ0v) is 11.4. The highest BCUT2D eigenvalue weighted by molar-refractivity contribution is 7.90. The molecule has 1 rings (SSSR count). The molecule has 0 bridgehead atoms. The Bertz CT molecular complexity index is 471. The van der Waals surface area contributed by atoms with Crippen molar-refractivity contribution in [3.05, 3.63) is 29.3 Å². The molecular weight excluding hydrogens is 220 g/mol. The zero-order chi connectivity index (χ0) is 12.5. The number of hydrogen-bond acceptors (Lipinski definition) is 2. The van der Waals surface area contributed by atoms with Crippen molar-refractivity contribution in [1.29, 1.82) is 0 Å². The summed E-state index contributed by atoms with van der Waals surface area (Å²) in [5.74, 6) is 0.648. The summed E-state index contributed by atoms with van der Waals surface area (Å²) in [7, 11) is -3.12. The van der Waals surface area contributed by atoms with Crippen LogP contribution < -0.4 is 0 Å². The molecule has 0 unspecified atom stereocenters. The third kappa shape index (κ3) is 2.85. The van der Waals surface area contributed by atoms with E-state index in [0.717, 1.165) is 5.56 Å². The molecule has 0 spiro atoms. The maximum Gasteiger partial charge on any atom is 0.175 e. The largest absolute Gasteiger partial charge is 0.224 e. The second-order valence-electron chi connectivity index (χ2n) is 4.88. The number of benzene rings is 1. The number of sulfone groups is 1. The maximum atomic E-state index is 11.6. The van der Waals surface area contributed by atoms with Crippen LogP contribution in [-0.4, -0.2) is 14.7 Å². The van der Waals surface area contributed by atoms with E-state index in [1.54, 1.807) is 6.07 Å². The first-order chi connectivity index (χ1) is 7.23. The van der Waals surface area contributed by atoms with Gasteiger partial charge in [0.05, 0.1) is 4.90 Å². The van der Waals surface area contributed by atoms with Crippen LogP contribution in [0.1, 0.15) is 50.7 Å². The lowest BCUT2D eigenvalue weighted by Crippen LogP contribution is -2.05. The lowest BCUT2D eigenvalue weighted by molar-refractivity contribution is 0.599. The molecule has 0 saturated carbocycles. The average molecular weight is 240 g/mol. The number of hydrogen-bond donors (Lipinski definition) is 0. The van der Waals surface area contributed by atoms with Gasteiger partial charge in [-0.25, -0.2) is 8.42 Å². The van der Waals surface area contributed by atoms with E-state index in [0.29, 0.717) is 10.8 Å². The molecule has 0 heterocycles. The summed E-state index contributed by atoms with van der Waals surface area (Å²) < 4.78 is 23.3. The fourth-order valence-corrected chi connectivity index (χ4v) is 2.75. The monoisotopic (exact) mass is 240 g/mol. The summed E-state index contributed by atoms with van der Waals surface area (Å²) in [5.41, 5.74) is 2.12.